The van der Waals surface area contributed by atoms with Crippen LogP contribution in [-0.4, -0.2) is 46.3 Å². The Kier molecular flexibility index (Phi) is 11.2. The van der Waals surface area contributed by atoms with E-state index in [9.17, 15) is 19.8 Å². The highest BCUT2D eigenvalue weighted by molar-refractivity contribution is 6.25. The molecule has 0 amide bonds. The summed E-state index contributed by atoms with van der Waals surface area (Å²) in [7, 11) is 0. The SMILES string of the molecule is CC1(C)CC(=O)C(C(Cc2cccc3ccccc23)=NCCCCCCN=C(Cc2cccc3ccccc23)C2=C(O)CC(C)(C)CC2=O)=C(O)C1. The van der Waals surface area contributed by atoms with Crippen molar-refractivity contribution >= 4 is 44.5 Å². The molecule has 0 bridgehead atoms. The van der Waals surface area contributed by atoms with E-state index in [0.717, 1.165) is 58.4 Å². The third kappa shape index (κ3) is 8.78. The molecular formula is C46H52N2O4. The quantitative estimate of drug-likeness (QED) is 0.107. The minimum absolute atomic E-state index is 0.0361. The topological polar surface area (TPSA) is 99.3 Å². The lowest BCUT2D eigenvalue weighted by molar-refractivity contribution is -0.118. The van der Waals surface area contributed by atoms with Crippen molar-refractivity contribution in [2.24, 2.45) is 20.8 Å². The highest BCUT2D eigenvalue weighted by Crippen LogP contribution is 2.38. The number of rotatable bonds is 13. The molecule has 2 aliphatic rings. The van der Waals surface area contributed by atoms with Crippen LogP contribution in [0.15, 0.2) is 118 Å². The van der Waals surface area contributed by atoms with Crippen LogP contribution in [0.1, 0.15) is 90.2 Å². The van der Waals surface area contributed by atoms with E-state index in [2.05, 4.69) is 48.5 Å². The van der Waals surface area contributed by atoms with Crippen molar-refractivity contribution in [3.8, 4) is 0 Å². The molecule has 0 heterocycles. The molecule has 6 rings (SSSR count). The highest BCUT2D eigenvalue weighted by atomic mass is 16.3. The number of carbonyl (C=O) groups is 2. The average molecular weight is 697 g/mol. The Labute approximate surface area is 308 Å². The molecule has 2 N–H and O–H groups in total. The second-order valence-electron chi connectivity index (χ2n) is 16.2. The molecule has 6 heteroatoms. The van der Waals surface area contributed by atoms with E-state index in [1.54, 1.807) is 0 Å². The number of ketones is 2. The first kappa shape index (κ1) is 36.9. The van der Waals surface area contributed by atoms with E-state index in [1.165, 1.54) is 0 Å². The van der Waals surface area contributed by atoms with Gasteiger partial charge in [0.2, 0.25) is 0 Å². The fourth-order valence-electron chi connectivity index (χ4n) is 7.94. The smallest absolute Gasteiger partial charge is 0.168 e. The van der Waals surface area contributed by atoms with Crippen LogP contribution in [-0.2, 0) is 22.4 Å². The summed E-state index contributed by atoms with van der Waals surface area (Å²) in [5.74, 6) is 0.231. The predicted molar refractivity (Wildman–Crippen MR) is 214 cm³/mol. The van der Waals surface area contributed by atoms with Crippen LogP contribution in [0.2, 0.25) is 0 Å². The van der Waals surface area contributed by atoms with Crippen molar-refractivity contribution in [2.75, 3.05) is 13.1 Å². The summed E-state index contributed by atoms with van der Waals surface area (Å²) < 4.78 is 0. The normalized spacial score (nSPS) is 18.2. The maximum atomic E-state index is 13.4. The first-order chi connectivity index (χ1) is 24.9. The summed E-state index contributed by atoms with van der Waals surface area (Å²) in [5, 5.41) is 26.7. The Hall–Kier alpha value is -4.84. The fraction of sp³-hybridized carbons (Fsp3) is 0.391. The summed E-state index contributed by atoms with van der Waals surface area (Å²) in [6.07, 6.45) is 6.24. The first-order valence-corrected chi connectivity index (χ1v) is 18.8. The number of unbranched alkanes of at least 4 members (excludes halogenated alkanes) is 3. The van der Waals surface area contributed by atoms with E-state index in [-0.39, 0.29) is 33.9 Å². The molecule has 270 valence electrons. The molecule has 0 aliphatic heterocycles. The summed E-state index contributed by atoms with van der Waals surface area (Å²) in [5.41, 5.74) is 3.78. The molecule has 4 aromatic carbocycles. The van der Waals surface area contributed by atoms with Gasteiger partial charge in [-0.05, 0) is 56.3 Å². The molecule has 0 atom stereocenters. The summed E-state index contributed by atoms with van der Waals surface area (Å²) in [4.78, 5) is 36.8. The van der Waals surface area contributed by atoms with Crippen LogP contribution in [0.4, 0.5) is 0 Å². The summed E-state index contributed by atoms with van der Waals surface area (Å²) in [6, 6.07) is 28.9. The number of hydrogen-bond donors (Lipinski definition) is 2. The lowest BCUT2D eigenvalue weighted by atomic mass is 9.75. The molecule has 52 heavy (non-hydrogen) atoms. The Bertz CT molecular complexity index is 1950. The van der Waals surface area contributed by atoms with Crippen molar-refractivity contribution in [1.29, 1.82) is 0 Å². The van der Waals surface area contributed by atoms with E-state index in [1.807, 2.05) is 64.1 Å². The monoisotopic (exact) mass is 696 g/mol. The van der Waals surface area contributed by atoms with Gasteiger partial charge in [0.15, 0.2) is 11.6 Å². The highest BCUT2D eigenvalue weighted by Gasteiger charge is 2.36. The maximum Gasteiger partial charge on any atom is 0.168 e. The zero-order valence-corrected chi connectivity index (χ0v) is 31.2. The molecule has 0 saturated carbocycles. The van der Waals surface area contributed by atoms with Gasteiger partial charge in [-0.1, -0.05) is 125 Å². The minimum Gasteiger partial charge on any atom is -0.511 e. The first-order valence-electron chi connectivity index (χ1n) is 18.8. The number of nitrogens with zero attached hydrogens (tertiary/aromatic N) is 2. The van der Waals surface area contributed by atoms with Gasteiger partial charge in [-0.15, -0.1) is 0 Å². The van der Waals surface area contributed by atoms with Gasteiger partial charge in [-0.25, -0.2) is 0 Å². The third-order valence-electron chi connectivity index (χ3n) is 10.4. The second kappa shape index (κ2) is 15.8. The number of carbonyl (C=O) groups excluding carboxylic acids is 2. The standard InChI is InChI=1S/C46H52N2O4/c1-45(2)27-39(49)43(40(50)28-45)37(25-33-19-13-17-31-15-7-9-21-35(31)33)47-23-11-5-6-12-24-48-38(44-41(51)29-46(3,4)30-42(44)52)26-34-20-14-18-32-16-8-10-22-36(32)34/h7-10,13-22,49,51H,5-6,11-12,23-30H2,1-4H3. The van der Waals surface area contributed by atoms with Crippen LogP contribution in [0.5, 0.6) is 0 Å². The number of hydrogen-bond acceptors (Lipinski definition) is 6. The van der Waals surface area contributed by atoms with E-state index >= 15 is 0 Å². The number of benzene rings is 4. The van der Waals surface area contributed by atoms with Gasteiger partial charge in [0, 0.05) is 51.6 Å². The predicted octanol–water partition coefficient (Wildman–Crippen LogP) is 10.6. The number of aliphatic hydroxyl groups excluding tert-OH is 2. The molecule has 0 aromatic heterocycles. The van der Waals surface area contributed by atoms with Crippen LogP contribution < -0.4 is 0 Å². The number of allylic oxidation sites excluding steroid dienone is 4. The molecule has 6 nitrogen and oxygen atoms in total. The van der Waals surface area contributed by atoms with Crippen molar-refractivity contribution < 1.29 is 19.8 Å². The second-order valence-corrected chi connectivity index (χ2v) is 16.2. The Morgan fingerprint density at radius 2 is 0.923 bits per heavy atom. The van der Waals surface area contributed by atoms with Crippen molar-refractivity contribution in [3.63, 3.8) is 0 Å². The number of fused-ring (bicyclic) bond motifs is 2. The molecule has 0 radical (unpaired) electrons. The lowest BCUT2D eigenvalue weighted by Gasteiger charge is -2.30. The van der Waals surface area contributed by atoms with Crippen LogP contribution in [0.25, 0.3) is 21.5 Å². The number of aliphatic hydroxyl groups is 2. The molecular weight excluding hydrogens is 645 g/mol. The van der Waals surface area contributed by atoms with Crippen LogP contribution in [0, 0.1) is 10.8 Å². The zero-order valence-electron chi connectivity index (χ0n) is 31.2. The van der Waals surface area contributed by atoms with Gasteiger partial charge in [0.25, 0.3) is 0 Å². The van der Waals surface area contributed by atoms with Gasteiger partial charge in [-0.2, -0.15) is 0 Å². The molecule has 0 unspecified atom stereocenters. The van der Waals surface area contributed by atoms with Crippen molar-refractivity contribution in [2.45, 2.75) is 91.9 Å². The Morgan fingerprint density at radius 1 is 0.538 bits per heavy atom. The van der Waals surface area contributed by atoms with E-state index < -0.39 is 0 Å². The van der Waals surface area contributed by atoms with Crippen LogP contribution >= 0.6 is 0 Å². The molecule has 0 spiro atoms. The van der Waals surface area contributed by atoms with Gasteiger partial charge in [-0.3, -0.25) is 19.6 Å². The summed E-state index contributed by atoms with van der Waals surface area (Å²) in [6.45, 7) is 9.20. The molecule has 0 fully saturated rings. The molecule has 4 aromatic rings. The maximum absolute atomic E-state index is 13.4. The van der Waals surface area contributed by atoms with Crippen molar-refractivity contribution in [3.05, 3.63) is 119 Å². The van der Waals surface area contributed by atoms with Gasteiger partial charge >= 0.3 is 0 Å². The van der Waals surface area contributed by atoms with Gasteiger partial charge < -0.3 is 10.2 Å². The number of Topliss-reactive ketones (excluding diaryl/α,β-unsaturated/α-hetero) is 2. The zero-order chi connectivity index (χ0) is 36.9. The minimum atomic E-state index is -0.275. The molecule has 2 aliphatic carbocycles. The van der Waals surface area contributed by atoms with Gasteiger partial charge in [0.05, 0.1) is 22.6 Å². The van der Waals surface area contributed by atoms with Gasteiger partial charge in [0.1, 0.15) is 11.5 Å². The van der Waals surface area contributed by atoms with E-state index in [4.69, 9.17) is 9.98 Å². The Morgan fingerprint density at radius 3 is 1.33 bits per heavy atom. The largest absolute Gasteiger partial charge is 0.511 e. The third-order valence-corrected chi connectivity index (χ3v) is 10.4. The Balaban J connectivity index is 1.14. The fourth-order valence-corrected chi connectivity index (χ4v) is 7.94. The number of aliphatic imine (C=N–C) groups is 2. The molecule has 0 saturated heterocycles. The van der Waals surface area contributed by atoms with E-state index in [0.29, 0.717) is 74.2 Å². The lowest BCUT2D eigenvalue weighted by Crippen LogP contribution is -2.30. The summed E-state index contributed by atoms with van der Waals surface area (Å²) >= 11 is 0. The van der Waals surface area contributed by atoms with Crippen molar-refractivity contribution in [1.82, 2.24) is 0 Å². The average Bonchev–Trinajstić information content (AvgIpc) is 3.07. The van der Waals surface area contributed by atoms with Crippen LogP contribution in [0.3, 0.4) is 0 Å².